The van der Waals surface area contributed by atoms with Gasteiger partial charge in [0, 0.05) is 47.2 Å². The first-order chi connectivity index (χ1) is 19.7. The maximum absolute atomic E-state index is 3.74. The van der Waals surface area contributed by atoms with Gasteiger partial charge in [0.25, 0.3) is 0 Å². The van der Waals surface area contributed by atoms with Gasteiger partial charge in [-0.1, -0.05) is 128 Å². The van der Waals surface area contributed by atoms with Gasteiger partial charge in [0.15, 0.2) is 0 Å². The lowest BCUT2D eigenvalue weighted by atomic mass is 9.97. The number of H-pyrrole nitrogens is 1. The molecule has 1 N–H and O–H groups in total. The number of thiophene rings is 1. The van der Waals surface area contributed by atoms with Crippen molar-refractivity contribution in [3.63, 3.8) is 0 Å². The number of hydrogen-bond acceptors (Lipinski definition) is 1. The summed E-state index contributed by atoms with van der Waals surface area (Å²) in [6.45, 7) is 7.46. The average Bonchev–Trinajstić information content (AvgIpc) is 3.57. The van der Waals surface area contributed by atoms with Gasteiger partial charge in [-0.25, -0.2) is 0 Å². The fourth-order valence-electron chi connectivity index (χ4n) is 5.51. The lowest BCUT2D eigenvalue weighted by Crippen LogP contribution is -1.80. The Kier molecular flexibility index (Phi) is 7.18. The summed E-state index contributed by atoms with van der Waals surface area (Å²) in [4.78, 5) is 3.74. The zero-order chi connectivity index (χ0) is 27.5. The summed E-state index contributed by atoms with van der Waals surface area (Å²) >= 11 is 1.92. The van der Waals surface area contributed by atoms with E-state index >= 15 is 0 Å². The monoisotopic (exact) mass is 533 g/mol. The first-order valence-corrected chi connectivity index (χ1v) is 14.5. The number of benzene rings is 5. The predicted molar refractivity (Wildman–Crippen MR) is 180 cm³/mol. The fourth-order valence-corrected chi connectivity index (χ4v) is 6.89. The summed E-state index contributed by atoms with van der Waals surface area (Å²) in [5.41, 5.74) is 6.18. The van der Waals surface area contributed by atoms with Crippen LogP contribution in [0.25, 0.3) is 70.0 Å². The second-order valence-corrected chi connectivity index (χ2v) is 10.7. The highest BCUT2D eigenvalue weighted by atomic mass is 32.1. The van der Waals surface area contributed by atoms with Gasteiger partial charge in [0.05, 0.1) is 5.52 Å². The van der Waals surface area contributed by atoms with Crippen molar-refractivity contribution in [3.05, 3.63) is 140 Å². The van der Waals surface area contributed by atoms with Crippen molar-refractivity contribution < 1.29 is 0 Å². The minimum Gasteiger partial charge on any atom is -0.354 e. The second kappa shape index (κ2) is 11.2. The standard InChI is InChI=1S/C33H23NS.C5H8/c1-2-3-4-11-21-12-9-13-22(20-21)23-17-10-18-27-30-29-26-16-7-8-19-28(26)34-31(29)24-14-5-6-15-25(24)33(30)35-32(23)27;1-3-5-4-2/h2-20,34H,1H3;3-5H,1H2,2H3/b3-2-,11-4-;5-4-. The Balaban J connectivity index is 0.000000534. The van der Waals surface area contributed by atoms with Crippen LogP contribution in [0, 0.1) is 0 Å². The van der Waals surface area contributed by atoms with E-state index in [0.29, 0.717) is 0 Å². The van der Waals surface area contributed by atoms with Crippen LogP contribution in [-0.2, 0) is 0 Å². The summed E-state index contributed by atoms with van der Waals surface area (Å²) in [7, 11) is 0. The van der Waals surface area contributed by atoms with Gasteiger partial charge in [0.2, 0.25) is 0 Å². The van der Waals surface area contributed by atoms with Crippen LogP contribution in [0.2, 0.25) is 0 Å². The van der Waals surface area contributed by atoms with Gasteiger partial charge in [-0.3, -0.25) is 0 Å². The molecule has 0 radical (unpaired) electrons. The Hall–Kier alpha value is -4.66. The Morgan fingerprint density at radius 1 is 0.650 bits per heavy atom. The van der Waals surface area contributed by atoms with Crippen molar-refractivity contribution >= 4 is 70.2 Å². The molecule has 1 nitrogen and oxygen atoms in total. The van der Waals surface area contributed by atoms with E-state index in [1.807, 2.05) is 43.4 Å². The van der Waals surface area contributed by atoms with Crippen molar-refractivity contribution in [1.29, 1.82) is 0 Å². The highest BCUT2D eigenvalue weighted by Gasteiger charge is 2.19. The van der Waals surface area contributed by atoms with E-state index in [4.69, 9.17) is 0 Å². The van der Waals surface area contributed by atoms with Gasteiger partial charge < -0.3 is 4.98 Å². The van der Waals surface area contributed by atoms with Crippen LogP contribution in [0.5, 0.6) is 0 Å². The molecule has 0 aliphatic carbocycles. The van der Waals surface area contributed by atoms with Crippen LogP contribution in [0.15, 0.2) is 134 Å². The molecule has 7 aromatic rings. The average molecular weight is 534 g/mol. The van der Waals surface area contributed by atoms with E-state index < -0.39 is 0 Å². The molecule has 5 aromatic carbocycles. The van der Waals surface area contributed by atoms with Gasteiger partial charge in [0.1, 0.15) is 0 Å². The quantitative estimate of drug-likeness (QED) is 0.217. The molecule has 0 saturated carbocycles. The van der Waals surface area contributed by atoms with E-state index in [1.54, 1.807) is 6.08 Å². The number of aromatic amines is 1. The predicted octanol–water partition coefficient (Wildman–Crippen LogP) is 11.8. The Bertz CT molecular complexity index is 2100. The number of para-hydroxylation sites is 1. The zero-order valence-corrected chi connectivity index (χ0v) is 23.6. The molecule has 0 unspecified atom stereocenters. The van der Waals surface area contributed by atoms with E-state index in [0.717, 1.165) is 0 Å². The molecule has 0 atom stereocenters. The number of hydrogen-bond donors (Lipinski definition) is 1. The molecule has 0 aliphatic heterocycles. The van der Waals surface area contributed by atoms with Crippen molar-refractivity contribution in [2.75, 3.05) is 0 Å². The summed E-state index contributed by atoms with van der Waals surface area (Å²) in [6.07, 6.45) is 14.0. The zero-order valence-electron chi connectivity index (χ0n) is 22.8. The number of aromatic nitrogens is 1. The Morgan fingerprint density at radius 3 is 2.15 bits per heavy atom. The molecule has 0 saturated heterocycles. The molecule has 0 spiro atoms. The summed E-state index contributed by atoms with van der Waals surface area (Å²) in [5, 5.41) is 7.92. The number of rotatable bonds is 4. The first-order valence-electron chi connectivity index (χ1n) is 13.6. The maximum Gasteiger partial charge on any atom is 0.0551 e. The van der Waals surface area contributed by atoms with E-state index in [1.165, 1.54) is 69.4 Å². The number of fused-ring (bicyclic) bond motifs is 10. The van der Waals surface area contributed by atoms with Crippen molar-refractivity contribution in [1.82, 2.24) is 4.98 Å². The van der Waals surface area contributed by atoms with Crippen LogP contribution in [0.4, 0.5) is 0 Å². The third-order valence-electron chi connectivity index (χ3n) is 7.23. The molecular formula is C38H31NS. The van der Waals surface area contributed by atoms with Crippen molar-refractivity contribution in [2.45, 2.75) is 13.8 Å². The van der Waals surface area contributed by atoms with Gasteiger partial charge in [-0.2, -0.15) is 0 Å². The molecule has 0 fully saturated rings. The minimum atomic E-state index is 1.19. The van der Waals surface area contributed by atoms with Gasteiger partial charge in [-0.15, -0.1) is 11.3 Å². The van der Waals surface area contributed by atoms with Crippen LogP contribution in [0.1, 0.15) is 19.4 Å². The third-order valence-corrected chi connectivity index (χ3v) is 8.50. The second-order valence-electron chi connectivity index (χ2n) is 9.73. The molecule has 2 heterocycles. The van der Waals surface area contributed by atoms with Gasteiger partial charge >= 0.3 is 0 Å². The van der Waals surface area contributed by atoms with Gasteiger partial charge in [-0.05, 0) is 42.7 Å². The third kappa shape index (κ3) is 4.47. The molecule has 2 heteroatoms. The molecule has 0 bridgehead atoms. The summed E-state index contributed by atoms with van der Waals surface area (Å²) in [6, 6.07) is 33.1. The minimum absolute atomic E-state index is 1.19. The highest BCUT2D eigenvalue weighted by molar-refractivity contribution is 7.27. The van der Waals surface area contributed by atoms with E-state index in [2.05, 4.69) is 121 Å². The number of allylic oxidation sites excluding steroid dienone is 6. The lowest BCUT2D eigenvalue weighted by molar-refractivity contribution is 1.57. The lowest BCUT2D eigenvalue weighted by Gasteiger charge is -2.05. The largest absolute Gasteiger partial charge is 0.354 e. The fraction of sp³-hybridized carbons (Fsp3) is 0.0526. The molecule has 2 aromatic heterocycles. The van der Waals surface area contributed by atoms with Crippen molar-refractivity contribution in [3.8, 4) is 11.1 Å². The van der Waals surface area contributed by atoms with Crippen LogP contribution in [-0.4, -0.2) is 4.98 Å². The van der Waals surface area contributed by atoms with E-state index in [-0.39, 0.29) is 0 Å². The molecule has 0 aliphatic rings. The van der Waals surface area contributed by atoms with E-state index in [9.17, 15) is 0 Å². The van der Waals surface area contributed by atoms with Crippen LogP contribution in [0.3, 0.4) is 0 Å². The maximum atomic E-state index is 3.74. The smallest absolute Gasteiger partial charge is 0.0551 e. The highest BCUT2D eigenvalue weighted by Crippen LogP contribution is 2.48. The molecule has 7 rings (SSSR count). The Morgan fingerprint density at radius 2 is 1.38 bits per heavy atom. The molecule has 194 valence electrons. The topological polar surface area (TPSA) is 15.8 Å². The van der Waals surface area contributed by atoms with Crippen molar-refractivity contribution in [2.24, 2.45) is 0 Å². The molecular weight excluding hydrogens is 502 g/mol. The SMILES string of the molecule is C/C=C\C=C/c1cccc(-c2cccc3c2sc2c4ccccc4c4[nH]c5ccccc5c4c32)c1.C=C/C=C\C. The number of nitrogens with one attached hydrogen (secondary N) is 1. The van der Waals surface area contributed by atoms with Crippen LogP contribution < -0.4 is 0 Å². The Labute approximate surface area is 239 Å². The molecule has 0 amide bonds. The van der Waals surface area contributed by atoms with Crippen LogP contribution >= 0.6 is 11.3 Å². The summed E-state index contributed by atoms with van der Waals surface area (Å²) in [5.74, 6) is 0. The first kappa shape index (κ1) is 25.6. The molecule has 40 heavy (non-hydrogen) atoms. The summed E-state index contributed by atoms with van der Waals surface area (Å²) < 4.78 is 2.71. The normalized spacial score (nSPS) is 12.1.